The average molecular weight is 330 g/mol. The van der Waals surface area contributed by atoms with Crippen LogP contribution in [0.5, 0.6) is 0 Å². The molecule has 0 unspecified atom stereocenters. The van der Waals surface area contributed by atoms with E-state index in [1.165, 1.54) is 18.3 Å². The van der Waals surface area contributed by atoms with Crippen molar-refractivity contribution in [3.8, 4) is 0 Å². The lowest BCUT2D eigenvalue weighted by Gasteiger charge is -2.06. The van der Waals surface area contributed by atoms with Crippen LogP contribution in [0.15, 0.2) is 41.1 Å². The summed E-state index contributed by atoms with van der Waals surface area (Å²) in [6, 6.07) is 7.21. The van der Waals surface area contributed by atoms with Crippen LogP contribution >= 0.6 is 27.5 Å². The normalized spacial score (nSPS) is 10.2. The molecule has 0 atom stereocenters. The van der Waals surface area contributed by atoms with E-state index < -0.39 is 11.7 Å². The van der Waals surface area contributed by atoms with Crippen molar-refractivity contribution in [3.63, 3.8) is 0 Å². The third-order valence-electron chi connectivity index (χ3n) is 2.16. The minimum Gasteiger partial charge on any atom is -0.320 e. The Balaban J connectivity index is 2.19. The van der Waals surface area contributed by atoms with Crippen LogP contribution in [-0.2, 0) is 0 Å². The first kappa shape index (κ1) is 13.0. The van der Waals surface area contributed by atoms with Crippen molar-refractivity contribution < 1.29 is 9.18 Å². The smallest absolute Gasteiger partial charge is 0.258 e. The molecule has 1 aromatic heterocycles. The van der Waals surface area contributed by atoms with Crippen molar-refractivity contribution >= 4 is 39.1 Å². The monoisotopic (exact) mass is 328 g/mol. The molecule has 0 aliphatic rings. The Morgan fingerprint density at radius 3 is 2.72 bits per heavy atom. The lowest BCUT2D eigenvalue weighted by Crippen LogP contribution is -2.13. The molecule has 0 spiro atoms. The quantitative estimate of drug-likeness (QED) is 0.849. The fourth-order valence-electron chi connectivity index (χ4n) is 1.32. The molecule has 2 aromatic rings. The molecule has 0 saturated carbocycles. The molecule has 1 aromatic carbocycles. The Kier molecular flexibility index (Phi) is 3.93. The van der Waals surface area contributed by atoms with Crippen LogP contribution in [0.25, 0.3) is 0 Å². The van der Waals surface area contributed by atoms with E-state index in [9.17, 15) is 9.18 Å². The summed E-state index contributed by atoms with van der Waals surface area (Å²) in [6.07, 6.45) is 1.47. The van der Waals surface area contributed by atoms with E-state index in [0.717, 1.165) is 6.07 Å². The van der Waals surface area contributed by atoms with Gasteiger partial charge in [0.15, 0.2) is 0 Å². The molecule has 18 heavy (non-hydrogen) atoms. The Morgan fingerprint density at radius 1 is 1.33 bits per heavy atom. The number of hydrogen-bond donors (Lipinski definition) is 1. The van der Waals surface area contributed by atoms with Crippen LogP contribution in [0.1, 0.15) is 10.4 Å². The topological polar surface area (TPSA) is 42.0 Å². The van der Waals surface area contributed by atoms with Crippen molar-refractivity contribution in [2.75, 3.05) is 5.32 Å². The van der Waals surface area contributed by atoms with Gasteiger partial charge in [-0.2, -0.15) is 0 Å². The molecule has 0 bridgehead atoms. The number of aromatic nitrogens is 1. The van der Waals surface area contributed by atoms with Crippen LogP contribution in [0.2, 0.25) is 5.02 Å². The van der Waals surface area contributed by atoms with Gasteiger partial charge in [-0.15, -0.1) is 0 Å². The van der Waals surface area contributed by atoms with Crippen LogP contribution in [0, 0.1) is 5.82 Å². The van der Waals surface area contributed by atoms with Gasteiger partial charge in [-0.25, -0.2) is 9.37 Å². The average Bonchev–Trinajstić information content (AvgIpc) is 2.32. The molecule has 0 aliphatic carbocycles. The maximum absolute atomic E-state index is 13.5. The zero-order valence-electron chi connectivity index (χ0n) is 8.95. The van der Waals surface area contributed by atoms with Crippen molar-refractivity contribution in [1.29, 1.82) is 0 Å². The fraction of sp³-hybridized carbons (Fsp3) is 0. The first-order valence-corrected chi connectivity index (χ1v) is 6.11. The molecule has 0 fully saturated rings. The molecule has 1 N–H and O–H groups in total. The number of carbonyl (C=O) groups is 1. The molecular weight excluding hydrogens is 322 g/mol. The van der Waals surface area contributed by atoms with Gasteiger partial charge in [-0.1, -0.05) is 11.6 Å². The number of rotatable bonds is 2. The molecular formula is C12H7BrClFN2O. The number of pyridine rings is 1. The molecule has 1 heterocycles. The SMILES string of the molecule is O=C(Nc1ccc(Br)nc1)c1ccc(Cl)cc1F. The molecule has 1 amide bonds. The minimum absolute atomic E-state index is 0.0673. The first-order chi connectivity index (χ1) is 8.56. The van der Waals surface area contributed by atoms with E-state index in [4.69, 9.17) is 11.6 Å². The van der Waals surface area contributed by atoms with Crippen LogP contribution in [0.4, 0.5) is 10.1 Å². The zero-order chi connectivity index (χ0) is 13.1. The summed E-state index contributed by atoms with van der Waals surface area (Å²) in [6.45, 7) is 0. The zero-order valence-corrected chi connectivity index (χ0v) is 11.3. The predicted molar refractivity (Wildman–Crippen MR) is 71.3 cm³/mol. The number of nitrogens with zero attached hydrogens (tertiary/aromatic N) is 1. The Morgan fingerprint density at radius 2 is 2.11 bits per heavy atom. The number of hydrogen-bond acceptors (Lipinski definition) is 2. The summed E-state index contributed by atoms with van der Waals surface area (Å²) < 4.78 is 14.2. The van der Waals surface area contributed by atoms with Gasteiger partial charge in [0.2, 0.25) is 0 Å². The highest BCUT2D eigenvalue weighted by molar-refractivity contribution is 9.10. The van der Waals surface area contributed by atoms with Crippen LogP contribution in [-0.4, -0.2) is 10.9 Å². The summed E-state index contributed by atoms with van der Waals surface area (Å²) in [5, 5.41) is 2.79. The lowest BCUT2D eigenvalue weighted by atomic mass is 10.2. The van der Waals surface area contributed by atoms with Crippen molar-refractivity contribution in [2.45, 2.75) is 0 Å². The predicted octanol–water partition coefficient (Wildman–Crippen LogP) is 3.89. The molecule has 0 aliphatic heterocycles. The van der Waals surface area contributed by atoms with Gasteiger partial charge in [-0.05, 0) is 46.3 Å². The Hall–Kier alpha value is -1.46. The van der Waals surface area contributed by atoms with Gasteiger partial charge in [0, 0.05) is 5.02 Å². The summed E-state index contributed by atoms with van der Waals surface area (Å²) in [5.74, 6) is -1.21. The second kappa shape index (κ2) is 5.46. The second-order valence-corrected chi connectivity index (χ2v) is 4.70. The number of amides is 1. The summed E-state index contributed by atoms with van der Waals surface area (Å²) >= 11 is 8.79. The number of carbonyl (C=O) groups excluding carboxylic acids is 1. The molecule has 2 rings (SSSR count). The molecule has 0 saturated heterocycles. The number of anilines is 1. The highest BCUT2D eigenvalue weighted by Crippen LogP contribution is 2.17. The first-order valence-electron chi connectivity index (χ1n) is 4.94. The number of benzene rings is 1. The highest BCUT2D eigenvalue weighted by Gasteiger charge is 2.12. The summed E-state index contributed by atoms with van der Waals surface area (Å²) in [5.41, 5.74) is 0.417. The Bertz CT molecular complexity index is 589. The van der Waals surface area contributed by atoms with E-state index in [-0.39, 0.29) is 10.6 Å². The number of nitrogens with one attached hydrogen (secondary N) is 1. The van der Waals surface area contributed by atoms with Gasteiger partial charge in [0.25, 0.3) is 5.91 Å². The summed E-state index contributed by atoms with van der Waals surface area (Å²) in [4.78, 5) is 15.7. The lowest BCUT2D eigenvalue weighted by molar-refractivity contribution is 0.102. The third-order valence-corrected chi connectivity index (χ3v) is 2.87. The molecule has 6 heteroatoms. The van der Waals surface area contributed by atoms with Gasteiger partial charge in [0.05, 0.1) is 17.4 Å². The van der Waals surface area contributed by atoms with Gasteiger partial charge in [-0.3, -0.25) is 4.79 Å². The minimum atomic E-state index is -0.662. The molecule has 3 nitrogen and oxygen atoms in total. The van der Waals surface area contributed by atoms with E-state index in [2.05, 4.69) is 26.2 Å². The van der Waals surface area contributed by atoms with Crippen LogP contribution in [0.3, 0.4) is 0 Å². The van der Waals surface area contributed by atoms with Crippen LogP contribution < -0.4 is 5.32 Å². The van der Waals surface area contributed by atoms with Gasteiger partial charge >= 0.3 is 0 Å². The van der Waals surface area contributed by atoms with Crippen molar-refractivity contribution in [2.24, 2.45) is 0 Å². The van der Waals surface area contributed by atoms with Crippen molar-refractivity contribution in [3.05, 3.63) is 57.5 Å². The van der Waals surface area contributed by atoms with Gasteiger partial charge < -0.3 is 5.32 Å². The molecule has 92 valence electrons. The van der Waals surface area contributed by atoms with E-state index in [1.54, 1.807) is 12.1 Å². The highest BCUT2D eigenvalue weighted by atomic mass is 79.9. The van der Waals surface area contributed by atoms with E-state index in [0.29, 0.717) is 10.3 Å². The van der Waals surface area contributed by atoms with E-state index >= 15 is 0 Å². The Labute approximate surface area is 116 Å². The van der Waals surface area contributed by atoms with E-state index in [1.807, 2.05) is 0 Å². The maximum atomic E-state index is 13.5. The van der Waals surface area contributed by atoms with Gasteiger partial charge in [0.1, 0.15) is 10.4 Å². The number of halogens is 3. The van der Waals surface area contributed by atoms with Crippen molar-refractivity contribution in [1.82, 2.24) is 4.98 Å². The standard InChI is InChI=1S/C12H7BrClFN2O/c13-11-4-2-8(6-16-11)17-12(18)9-3-1-7(14)5-10(9)15/h1-6H,(H,17,18). The summed E-state index contributed by atoms with van der Waals surface area (Å²) in [7, 11) is 0. The second-order valence-electron chi connectivity index (χ2n) is 3.45. The maximum Gasteiger partial charge on any atom is 0.258 e. The molecule has 0 radical (unpaired) electrons. The third kappa shape index (κ3) is 3.05. The largest absolute Gasteiger partial charge is 0.320 e. The fourth-order valence-corrected chi connectivity index (χ4v) is 1.72.